The van der Waals surface area contributed by atoms with Crippen LogP contribution in [0.15, 0.2) is 0 Å². The Hall–Kier alpha value is 0.998. The molecule has 1 atom stereocenters. The summed E-state index contributed by atoms with van der Waals surface area (Å²) >= 11 is 0. The molecule has 0 aliphatic heterocycles. The van der Waals surface area contributed by atoms with Crippen LogP contribution in [0.3, 0.4) is 0 Å². The van der Waals surface area contributed by atoms with E-state index in [2.05, 4.69) is 0 Å². The van der Waals surface area contributed by atoms with Crippen molar-refractivity contribution in [3.05, 3.63) is 0 Å². The van der Waals surface area contributed by atoms with Crippen molar-refractivity contribution in [1.29, 1.82) is 0 Å². The van der Waals surface area contributed by atoms with Gasteiger partial charge < -0.3 is 11.0 Å². The summed E-state index contributed by atoms with van der Waals surface area (Å²) in [5.41, 5.74) is 0. The quantitative estimate of drug-likeness (QED) is 0.395. The van der Waals surface area contributed by atoms with Crippen molar-refractivity contribution in [2.45, 2.75) is 0 Å². The van der Waals surface area contributed by atoms with Gasteiger partial charge in [-0.3, -0.25) is 0 Å². The molecule has 2 nitrogen and oxygen atoms in total. The molecule has 4 heteroatoms. The van der Waals surface area contributed by atoms with Gasteiger partial charge in [-0.1, -0.05) is 0 Å². The van der Waals surface area contributed by atoms with Gasteiger partial charge in [-0.25, -0.2) is 0 Å². The summed E-state index contributed by atoms with van der Waals surface area (Å²) in [4.78, 5) is 0. The zero-order valence-corrected chi connectivity index (χ0v) is 6.05. The van der Waals surface area contributed by atoms with Crippen LogP contribution in [0.2, 0.25) is 0 Å². The van der Waals surface area contributed by atoms with Gasteiger partial charge in [0.15, 0.2) is 0 Å². The third kappa shape index (κ3) is 12.0. The van der Waals surface area contributed by atoms with Gasteiger partial charge in [0, 0.05) is 0 Å². The molecule has 1 unspecified atom stereocenters. The van der Waals surface area contributed by atoms with Gasteiger partial charge in [0.1, 0.15) is 0 Å². The molecule has 27 valence electrons. The van der Waals surface area contributed by atoms with Crippen molar-refractivity contribution in [2.75, 3.05) is 0 Å². The van der Waals surface area contributed by atoms with Crippen LogP contribution < -0.4 is 0 Å². The molecule has 0 aromatic carbocycles. The summed E-state index contributed by atoms with van der Waals surface area (Å²) in [7, 11) is 0. The second-order valence-corrected chi connectivity index (χ2v) is 0. The van der Waals surface area contributed by atoms with Crippen molar-refractivity contribution in [1.82, 2.24) is 0 Å². The fraction of sp³-hybridized carbons (Fsp3) is 0. The molecule has 0 bridgehead atoms. The average molecular weight is 165 g/mol. The van der Waals surface area contributed by atoms with Crippen molar-refractivity contribution in [3.8, 4) is 0 Å². The van der Waals surface area contributed by atoms with E-state index in [9.17, 15) is 0 Å². The van der Waals surface area contributed by atoms with E-state index in [0.717, 1.165) is 0 Å². The summed E-state index contributed by atoms with van der Waals surface area (Å²) in [5.74, 6) is 0. The van der Waals surface area contributed by atoms with Gasteiger partial charge in [-0.15, -0.1) is 0 Å². The molecule has 1 radical (unpaired) electrons. The minimum Gasteiger partial charge on any atom is -2.00 e. The van der Waals surface area contributed by atoms with Crippen LogP contribution in [0.5, 0.6) is 0 Å². The van der Waals surface area contributed by atoms with E-state index >= 15 is 0 Å². The summed E-state index contributed by atoms with van der Waals surface area (Å²) in [6, 6.07) is 0. The molecular weight excluding hydrogens is 162 g/mol. The molecule has 0 saturated heterocycles. The Labute approximate surface area is 46.4 Å². The molecule has 0 aromatic rings. The van der Waals surface area contributed by atoms with Crippen LogP contribution in [-0.2, 0) is 28.0 Å². The van der Waals surface area contributed by atoms with E-state index in [0.29, 0.717) is 0 Å². The van der Waals surface area contributed by atoms with E-state index in [1.807, 2.05) is 0 Å². The second-order valence-electron chi connectivity index (χ2n) is 0. The van der Waals surface area contributed by atoms with E-state index in [1.165, 1.54) is 0 Å². The third-order valence-electron chi connectivity index (χ3n) is 0. The average Bonchev–Trinajstić information content (AvgIpc) is 0. The first-order valence-electron chi connectivity index (χ1n) is 0. The Balaban J connectivity index is 0. The van der Waals surface area contributed by atoms with Crippen LogP contribution in [-0.4, -0.2) is 18.0 Å². The molecule has 0 heterocycles. The molecule has 0 fully saturated rings. The molecule has 0 amide bonds. The number of rotatable bonds is 0. The van der Waals surface area contributed by atoms with Gasteiger partial charge in [0.05, 0.1) is 0 Å². The molecule has 4 heavy (non-hydrogen) atoms. The van der Waals surface area contributed by atoms with Gasteiger partial charge in [0.25, 0.3) is 0 Å². The molecular formula is H3AsMnO2. The van der Waals surface area contributed by atoms with Crippen LogP contribution in [0.1, 0.15) is 0 Å². The monoisotopic (exact) mass is 165 g/mol. The van der Waals surface area contributed by atoms with Crippen LogP contribution in [0.4, 0.5) is 0 Å². The van der Waals surface area contributed by atoms with Crippen molar-refractivity contribution >= 4 is 18.0 Å². The Morgan fingerprint density at radius 2 is 0.750 bits per heavy atom. The standard InChI is InChI=1S/AsH3.Mn.2O/h1H3;;;/q;+4;2*-2. The van der Waals surface area contributed by atoms with Gasteiger partial charge >= 0.3 is 35.0 Å². The second kappa shape index (κ2) is 36.1. The number of hydrogen-bond acceptors (Lipinski definition) is 0. The first-order chi connectivity index (χ1) is 0. The fourth-order valence-corrected chi connectivity index (χ4v) is 0. The Kier molecular flexibility index (Phi) is 724. The minimum absolute atomic E-state index is 0. The molecule has 0 N–H and O–H groups in total. The summed E-state index contributed by atoms with van der Waals surface area (Å²) in [6.07, 6.45) is 0. The maximum absolute atomic E-state index is 0. The first kappa shape index (κ1) is 80.2. The summed E-state index contributed by atoms with van der Waals surface area (Å²) in [6.45, 7) is 0. The topological polar surface area (TPSA) is 57.0 Å². The Bertz CT molecular complexity index is 6.00. The molecule has 0 aliphatic carbocycles. The van der Waals surface area contributed by atoms with Crippen molar-refractivity contribution in [2.24, 2.45) is 0 Å². The van der Waals surface area contributed by atoms with Crippen molar-refractivity contribution in [3.63, 3.8) is 0 Å². The fourth-order valence-electron chi connectivity index (χ4n) is 0. The molecule has 0 spiro atoms. The normalized spacial score (nSPS) is 0. The molecule has 0 aromatic heterocycles. The van der Waals surface area contributed by atoms with Gasteiger partial charge in [0.2, 0.25) is 0 Å². The zero-order valence-electron chi connectivity index (χ0n) is 1.90. The minimum atomic E-state index is 0. The smallest absolute Gasteiger partial charge is 2.00 e. The maximum atomic E-state index is 0. The van der Waals surface area contributed by atoms with Crippen LogP contribution in [0, 0.1) is 0 Å². The summed E-state index contributed by atoms with van der Waals surface area (Å²) in [5, 5.41) is 0. The number of hydrogen-bond donors (Lipinski definition) is 0. The third-order valence-corrected chi connectivity index (χ3v) is 0. The van der Waals surface area contributed by atoms with E-state index in [1.54, 1.807) is 0 Å². The Morgan fingerprint density at radius 1 is 0.750 bits per heavy atom. The van der Waals surface area contributed by atoms with Gasteiger partial charge in [-0.05, 0) is 0 Å². The van der Waals surface area contributed by atoms with Crippen LogP contribution in [0.25, 0.3) is 0 Å². The van der Waals surface area contributed by atoms with Crippen molar-refractivity contribution < 1.29 is 28.0 Å². The van der Waals surface area contributed by atoms with E-state index in [-0.39, 0.29) is 46.0 Å². The SMILES string of the molecule is [AsH3].[Mn+4].[O-2].[O-2]. The molecule has 0 aliphatic rings. The predicted molar refractivity (Wildman–Crippen MR) is 11.3 cm³/mol. The van der Waals surface area contributed by atoms with Gasteiger partial charge in [-0.2, -0.15) is 0 Å². The zero-order chi connectivity index (χ0) is 0. The molecule has 0 rings (SSSR count). The largest absolute Gasteiger partial charge is 4.00 e. The maximum Gasteiger partial charge on any atom is 4.00 e. The Morgan fingerprint density at radius 3 is 0.750 bits per heavy atom. The predicted octanol–water partition coefficient (Wildman–Crippen LogP) is -1.42. The first-order valence-corrected chi connectivity index (χ1v) is 0. The molecule has 0 saturated carbocycles. The van der Waals surface area contributed by atoms with Crippen LogP contribution >= 0.6 is 0 Å². The summed E-state index contributed by atoms with van der Waals surface area (Å²) < 4.78 is 0. The van der Waals surface area contributed by atoms with E-state index < -0.39 is 0 Å². The van der Waals surface area contributed by atoms with E-state index in [4.69, 9.17) is 0 Å².